The van der Waals surface area contributed by atoms with Crippen LogP contribution in [0.1, 0.15) is 40.3 Å². The molecular weight excluding hydrogens is 422 g/mol. The number of H-pyrrole nitrogens is 1. The Kier molecular flexibility index (Phi) is 6.25. The van der Waals surface area contributed by atoms with Gasteiger partial charge in [0.2, 0.25) is 5.91 Å². The number of aryl methyl sites for hydroxylation is 3. The Morgan fingerprint density at radius 1 is 1.22 bits per heavy atom. The van der Waals surface area contributed by atoms with Crippen molar-refractivity contribution in [3.63, 3.8) is 0 Å². The Morgan fingerprint density at radius 2 is 2.03 bits per heavy atom. The summed E-state index contributed by atoms with van der Waals surface area (Å²) in [6, 6.07) is 13.8. The summed E-state index contributed by atoms with van der Waals surface area (Å²) in [5.41, 5.74) is 6.94. The number of hydrogen-bond acceptors (Lipinski definition) is 4. The maximum absolute atomic E-state index is 11.9. The number of hydrogen-bond donors (Lipinski definition) is 3. The molecule has 3 N–H and O–H groups in total. The molecule has 1 fully saturated rings. The molecule has 2 aromatic heterocycles. The minimum Gasteiger partial charge on any atom is -0.375 e. The van der Waals surface area contributed by atoms with Crippen molar-refractivity contribution in [3.8, 4) is 0 Å². The van der Waals surface area contributed by atoms with Gasteiger partial charge >= 0.3 is 0 Å². The zero-order chi connectivity index (χ0) is 22.8. The van der Waals surface area contributed by atoms with E-state index in [9.17, 15) is 4.79 Å². The van der Waals surface area contributed by atoms with E-state index in [-0.39, 0.29) is 24.6 Å². The third kappa shape index (κ3) is 4.24. The summed E-state index contributed by atoms with van der Waals surface area (Å²) in [7, 11) is 1.50. The molecule has 166 valence electrons. The number of carbonyl (C=O) groups is 1. The minimum atomic E-state index is -0.187. The highest BCUT2D eigenvalue weighted by atomic mass is 32.1. The van der Waals surface area contributed by atoms with E-state index in [4.69, 9.17) is 17.0 Å². The molecule has 0 radical (unpaired) electrons. The fraction of sp³-hybridized carbons (Fsp3) is 0.292. The second kappa shape index (κ2) is 9.10. The van der Waals surface area contributed by atoms with Crippen molar-refractivity contribution >= 4 is 34.6 Å². The van der Waals surface area contributed by atoms with Gasteiger partial charge in [0.15, 0.2) is 5.11 Å². The van der Waals surface area contributed by atoms with Gasteiger partial charge in [0.1, 0.15) is 6.61 Å². The molecule has 3 heterocycles. The van der Waals surface area contributed by atoms with Gasteiger partial charge in [-0.2, -0.15) is 0 Å². The molecule has 4 rings (SSSR count). The summed E-state index contributed by atoms with van der Waals surface area (Å²) < 4.78 is 4.91. The number of aromatic nitrogens is 2. The topological polar surface area (TPSA) is 82.3 Å². The van der Waals surface area contributed by atoms with Crippen LogP contribution in [-0.2, 0) is 9.53 Å². The molecule has 1 saturated heterocycles. The zero-order valence-electron chi connectivity index (χ0n) is 18.6. The fourth-order valence-corrected chi connectivity index (χ4v) is 4.60. The highest BCUT2D eigenvalue weighted by Crippen LogP contribution is 2.43. The Bertz CT molecular complexity index is 1140. The van der Waals surface area contributed by atoms with Gasteiger partial charge < -0.3 is 25.3 Å². The number of benzene rings is 1. The average molecular weight is 450 g/mol. The number of carbonyl (C=O) groups excluding carboxylic acids is 1. The van der Waals surface area contributed by atoms with Gasteiger partial charge in [-0.3, -0.25) is 9.78 Å². The van der Waals surface area contributed by atoms with E-state index in [1.165, 1.54) is 12.7 Å². The maximum atomic E-state index is 11.9. The molecule has 0 spiro atoms. The van der Waals surface area contributed by atoms with Crippen molar-refractivity contribution in [2.24, 2.45) is 0 Å². The average Bonchev–Trinajstić information content (AvgIpc) is 3.28. The number of aromatic amines is 1. The Morgan fingerprint density at radius 3 is 2.66 bits per heavy atom. The van der Waals surface area contributed by atoms with Crippen LogP contribution in [0.5, 0.6) is 0 Å². The number of anilines is 2. The standard InChI is InChI=1S/C24H27N5O2S/c1-14-11-17(8-9-19(14)27-21(30)13-31-4)29-23(18-12-15(2)26-16(18)3)22(28-24(29)32)20-7-5-6-10-25-20/h5-12,22-23,26H,13H2,1-4H3,(H,27,30)(H,28,32)/t22-,23+/m0/s1. The van der Waals surface area contributed by atoms with E-state index >= 15 is 0 Å². The Hall–Kier alpha value is -3.23. The van der Waals surface area contributed by atoms with Crippen molar-refractivity contribution in [1.82, 2.24) is 15.3 Å². The Labute approximate surface area is 193 Å². The van der Waals surface area contributed by atoms with Crippen LogP contribution in [-0.4, -0.2) is 34.7 Å². The highest BCUT2D eigenvalue weighted by Gasteiger charge is 2.41. The molecule has 7 nitrogen and oxygen atoms in total. The Balaban J connectivity index is 1.74. The molecule has 1 amide bonds. The fourth-order valence-electron chi connectivity index (χ4n) is 4.26. The number of nitrogens with zero attached hydrogens (tertiary/aromatic N) is 2. The summed E-state index contributed by atoms with van der Waals surface area (Å²) >= 11 is 5.80. The second-order valence-electron chi connectivity index (χ2n) is 8.01. The van der Waals surface area contributed by atoms with Gasteiger partial charge in [-0.05, 0) is 80.5 Å². The lowest BCUT2D eigenvalue weighted by Gasteiger charge is -2.28. The summed E-state index contributed by atoms with van der Waals surface area (Å²) in [6.07, 6.45) is 1.80. The van der Waals surface area contributed by atoms with Crippen molar-refractivity contribution in [3.05, 3.63) is 76.9 Å². The first-order valence-electron chi connectivity index (χ1n) is 10.4. The lowest BCUT2D eigenvalue weighted by Crippen LogP contribution is -2.29. The van der Waals surface area contributed by atoms with Crippen LogP contribution in [0.15, 0.2) is 48.7 Å². The SMILES string of the molecule is COCC(=O)Nc1ccc(N2C(=S)N[C@@H](c3ccccn3)[C@H]2c2cc(C)[nH]c2C)cc1C. The largest absolute Gasteiger partial charge is 0.375 e. The monoisotopic (exact) mass is 449 g/mol. The number of thiocarbonyl (C=S) groups is 1. The van der Waals surface area contributed by atoms with Crippen LogP contribution >= 0.6 is 12.2 Å². The molecule has 1 aromatic carbocycles. The number of ether oxygens (including phenoxy) is 1. The summed E-state index contributed by atoms with van der Waals surface area (Å²) in [5, 5.41) is 7.00. The first kappa shape index (κ1) is 22.0. The first-order chi connectivity index (χ1) is 15.4. The molecule has 8 heteroatoms. The van der Waals surface area contributed by atoms with Gasteiger partial charge in [0.25, 0.3) is 0 Å². The highest BCUT2D eigenvalue weighted by molar-refractivity contribution is 7.80. The van der Waals surface area contributed by atoms with Crippen molar-refractivity contribution in [1.29, 1.82) is 0 Å². The van der Waals surface area contributed by atoms with Crippen LogP contribution in [0.4, 0.5) is 11.4 Å². The van der Waals surface area contributed by atoms with Gasteiger partial charge in [-0.25, -0.2) is 0 Å². The minimum absolute atomic E-state index is 0.0151. The van der Waals surface area contributed by atoms with Crippen LogP contribution in [0, 0.1) is 20.8 Å². The molecule has 32 heavy (non-hydrogen) atoms. The van der Waals surface area contributed by atoms with E-state index in [0.717, 1.165) is 34.0 Å². The zero-order valence-corrected chi connectivity index (χ0v) is 19.4. The van der Waals surface area contributed by atoms with Gasteiger partial charge in [-0.1, -0.05) is 6.07 Å². The molecule has 0 bridgehead atoms. The predicted octanol–water partition coefficient (Wildman–Crippen LogP) is 4.10. The molecule has 3 aromatic rings. The quantitative estimate of drug-likeness (QED) is 0.492. The van der Waals surface area contributed by atoms with E-state index in [2.05, 4.69) is 45.4 Å². The predicted molar refractivity (Wildman–Crippen MR) is 130 cm³/mol. The van der Waals surface area contributed by atoms with Crippen LogP contribution in [0.25, 0.3) is 0 Å². The van der Waals surface area contributed by atoms with Gasteiger partial charge in [0, 0.05) is 36.1 Å². The second-order valence-corrected chi connectivity index (χ2v) is 8.40. The number of amides is 1. The lowest BCUT2D eigenvalue weighted by atomic mass is 9.96. The number of nitrogens with one attached hydrogen (secondary N) is 3. The number of pyridine rings is 1. The van der Waals surface area contributed by atoms with Crippen molar-refractivity contribution < 1.29 is 9.53 Å². The molecule has 2 atom stereocenters. The van der Waals surface area contributed by atoms with Crippen LogP contribution < -0.4 is 15.5 Å². The molecule has 1 aliphatic heterocycles. The van der Waals surface area contributed by atoms with E-state index in [1.54, 1.807) is 6.20 Å². The van der Waals surface area contributed by atoms with Gasteiger partial charge in [-0.15, -0.1) is 0 Å². The number of methoxy groups -OCH3 is 1. The summed E-state index contributed by atoms with van der Waals surface area (Å²) in [6.45, 7) is 6.12. The lowest BCUT2D eigenvalue weighted by molar-refractivity contribution is -0.119. The van der Waals surface area contributed by atoms with E-state index in [1.807, 2.05) is 43.3 Å². The van der Waals surface area contributed by atoms with E-state index in [0.29, 0.717) is 5.11 Å². The van der Waals surface area contributed by atoms with Crippen molar-refractivity contribution in [2.45, 2.75) is 32.9 Å². The molecular formula is C24H27N5O2S. The third-order valence-electron chi connectivity index (χ3n) is 5.64. The smallest absolute Gasteiger partial charge is 0.250 e. The molecule has 0 saturated carbocycles. The third-order valence-corrected chi connectivity index (χ3v) is 5.96. The van der Waals surface area contributed by atoms with Gasteiger partial charge in [0.05, 0.1) is 17.8 Å². The summed E-state index contributed by atoms with van der Waals surface area (Å²) in [5.74, 6) is -0.187. The van der Waals surface area contributed by atoms with E-state index < -0.39 is 0 Å². The first-order valence-corrected chi connectivity index (χ1v) is 10.9. The number of rotatable bonds is 6. The summed E-state index contributed by atoms with van der Waals surface area (Å²) in [4.78, 5) is 22.1. The molecule has 1 aliphatic rings. The maximum Gasteiger partial charge on any atom is 0.250 e. The molecule has 0 unspecified atom stereocenters. The van der Waals surface area contributed by atoms with Crippen LogP contribution in [0.3, 0.4) is 0 Å². The van der Waals surface area contributed by atoms with Crippen LogP contribution in [0.2, 0.25) is 0 Å². The molecule has 0 aliphatic carbocycles. The normalized spacial score (nSPS) is 18.0. The van der Waals surface area contributed by atoms with Crippen molar-refractivity contribution in [2.75, 3.05) is 23.9 Å².